The molecule has 0 atom stereocenters. The van der Waals surface area contributed by atoms with Gasteiger partial charge in [-0.15, -0.1) is 0 Å². The number of carbonyl (C=O) groups is 1. The standard InChI is InChI=1S/C15H13ClFNO/c1-8-5-12(13(16)6-9(8)2)15(19)11-4-3-10(17)7-14(11)18/h3-7H,18H2,1-2H3. The Morgan fingerprint density at radius 3 is 2.37 bits per heavy atom. The van der Waals surface area contributed by atoms with E-state index in [1.165, 1.54) is 12.1 Å². The van der Waals surface area contributed by atoms with Gasteiger partial charge in [0.05, 0.1) is 5.02 Å². The van der Waals surface area contributed by atoms with Gasteiger partial charge >= 0.3 is 0 Å². The molecule has 0 aromatic heterocycles. The third kappa shape index (κ3) is 2.61. The Bertz CT molecular complexity index is 667. The second kappa shape index (κ2) is 5.02. The number of hydrogen-bond donors (Lipinski definition) is 1. The summed E-state index contributed by atoms with van der Waals surface area (Å²) in [6.45, 7) is 3.82. The van der Waals surface area contributed by atoms with Gasteiger partial charge in [0.2, 0.25) is 0 Å². The first-order valence-electron chi connectivity index (χ1n) is 5.76. The normalized spacial score (nSPS) is 10.5. The van der Waals surface area contributed by atoms with E-state index in [2.05, 4.69) is 0 Å². The largest absolute Gasteiger partial charge is 0.398 e. The van der Waals surface area contributed by atoms with E-state index in [0.717, 1.165) is 17.2 Å². The number of anilines is 1. The van der Waals surface area contributed by atoms with Crippen LogP contribution >= 0.6 is 11.6 Å². The van der Waals surface area contributed by atoms with Crippen LogP contribution in [-0.4, -0.2) is 5.78 Å². The highest BCUT2D eigenvalue weighted by Gasteiger charge is 2.16. The van der Waals surface area contributed by atoms with Crippen molar-refractivity contribution in [1.29, 1.82) is 0 Å². The van der Waals surface area contributed by atoms with E-state index in [-0.39, 0.29) is 17.0 Å². The monoisotopic (exact) mass is 277 g/mol. The first-order chi connectivity index (χ1) is 8.90. The Kier molecular flexibility index (Phi) is 3.58. The molecule has 2 N–H and O–H groups in total. The molecule has 0 bridgehead atoms. The summed E-state index contributed by atoms with van der Waals surface area (Å²) >= 11 is 6.09. The number of nitrogen functional groups attached to an aromatic ring is 1. The molecule has 0 unspecified atom stereocenters. The average Bonchev–Trinajstić information content (AvgIpc) is 2.33. The fraction of sp³-hybridized carbons (Fsp3) is 0.133. The maximum atomic E-state index is 13.0. The lowest BCUT2D eigenvalue weighted by molar-refractivity contribution is 0.103. The van der Waals surface area contributed by atoms with Gasteiger partial charge in [-0.3, -0.25) is 4.79 Å². The summed E-state index contributed by atoms with van der Waals surface area (Å²) in [5.74, 6) is -0.772. The number of halogens is 2. The molecule has 2 rings (SSSR count). The summed E-state index contributed by atoms with van der Waals surface area (Å²) in [7, 11) is 0. The van der Waals surface area contributed by atoms with E-state index in [1.807, 2.05) is 13.8 Å². The third-order valence-electron chi connectivity index (χ3n) is 3.09. The first kappa shape index (κ1) is 13.6. The van der Waals surface area contributed by atoms with E-state index in [1.54, 1.807) is 12.1 Å². The molecule has 2 aromatic carbocycles. The Balaban J connectivity index is 2.53. The molecule has 4 heteroatoms. The molecule has 0 aliphatic rings. The van der Waals surface area contributed by atoms with E-state index in [0.29, 0.717) is 10.6 Å². The summed E-state index contributed by atoms with van der Waals surface area (Å²) in [5.41, 5.74) is 8.39. The maximum Gasteiger partial charge on any atom is 0.196 e. The predicted octanol–water partition coefficient (Wildman–Crippen LogP) is 3.91. The molecule has 98 valence electrons. The van der Waals surface area contributed by atoms with Crippen molar-refractivity contribution in [1.82, 2.24) is 0 Å². The van der Waals surface area contributed by atoms with Gasteiger partial charge in [0.1, 0.15) is 5.82 Å². The van der Waals surface area contributed by atoms with Gasteiger partial charge in [-0.05, 0) is 55.3 Å². The molecule has 2 nitrogen and oxygen atoms in total. The Morgan fingerprint density at radius 2 is 1.74 bits per heavy atom. The zero-order chi connectivity index (χ0) is 14.2. The van der Waals surface area contributed by atoms with Gasteiger partial charge in [-0.25, -0.2) is 4.39 Å². The van der Waals surface area contributed by atoms with Gasteiger partial charge in [0.15, 0.2) is 5.78 Å². The molecule has 0 aliphatic carbocycles. The average molecular weight is 278 g/mol. The number of ketones is 1. The van der Waals surface area contributed by atoms with E-state index >= 15 is 0 Å². The van der Waals surface area contributed by atoms with Gasteiger partial charge in [0, 0.05) is 16.8 Å². The van der Waals surface area contributed by atoms with Crippen LogP contribution in [0.5, 0.6) is 0 Å². The van der Waals surface area contributed by atoms with Crippen LogP contribution in [0.4, 0.5) is 10.1 Å². The zero-order valence-electron chi connectivity index (χ0n) is 10.6. The summed E-state index contributed by atoms with van der Waals surface area (Å²) in [5, 5.41) is 0.372. The Hall–Kier alpha value is -1.87. The Labute approximate surface area is 116 Å². The van der Waals surface area contributed by atoms with Crippen LogP contribution in [0.1, 0.15) is 27.0 Å². The predicted molar refractivity (Wildman–Crippen MR) is 75.2 cm³/mol. The zero-order valence-corrected chi connectivity index (χ0v) is 11.4. The fourth-order valence-electron chi connectivity index (χ4n) is 1.84. The van der Waals surface area contributed by atoms with Crippen LogP contribution in [0.15, 0.2) is 30.3 Å². The van der Waals surface area contributed by atoms with E-state index < -0.39 is 5.82 Å². The molecule has 0 radical (unpaired) electrons. The highest BCUT2D eigenvalue weighted by atomic mass is 35.5. The number of aryl methyl sites for hydroxylation is 2. The van der Waals surface area contributed by atoms with Crippen LogP contribution in [-0.2, 0) is 0 Å². The molecule has 0 saturated carbocycles. The van der Waals surface area contributed by atoms with Gasteiger partial charge in [-0.1, -0.05) is 11.6 Å². The minimum Gasteiger partial charge on any atom is -0.398 e. The molecule has 0 heterocycles. The lowest BCUT2D eigenvalue weighted by atomic mass is 9.98. The quantitative estimate of drug-likeness (QED) is 0.668. The van der Waals surface area contributed by atoms with E-state index in [9.17, 15) is 9.18 Å². The molecule has 0 saturated heterocycles. The highest BCUT2D eigenvalue weighted by molar-refractivity contribution is 6.35. The summed E-state index contributed by atoms with van der Waals surface area (Å²) < 4.78 is 13.0. The molecule has 19 heavy (non-hydrogen) atoms. The van der Waals surface area contributed by atoms with Crippen LogP contribution in [0.3, 0.4) is 0 Å². The van der Waals surface area contributed by atoms with Crippen molar-refractivity contribution in [3.05, 3.63) is 63.4 Å². The molecular weight excluding hydrogens is 265 g/mol. The maximum absolute atomic E-state index is 13.0. The van der Waals surface area contributed by atoms with Crippen molar-refractivity contribution in [2.24, 2.45) is 0 Å². The number of nitrogens with two attached hydrogens (primary N) is 1. The third-order valence-corrected chi connectivity index (χ3v) is 3.40. The van der Waals surface area contributed by atoms with Crippen LogP contribution in [0, 0.1) is 19.7 Å². The van der Waals surface area contributed by atoms with Crippen LogP contribution in [0.2, 0.25) is 5.02 Å². The number of carbonyl (C=O) groups excluding carboxylic acids is 1. The molecule has 0 fully saturated rings. The molecule has 0 amide bonds. The second-order valence-electron chi connectivity index (χ2n) is 4.48. The van der Waals surface area contributed by atoms with Crippen molar-refractivity contribution in [2.45, 2.75) is 13.8 Å². The second-order valence-corrected chi connectivity index (χ2v) is 4.88. The summed E-state index contributed by atoms with van der Waals surface area (Å²) in [6.07, 6.45) is 0. The first-order valence-corrected chi connectivity index (χ1v) is 6.14. The van der Waals surface area contributed by atoms with Crippen LogP contribution in [0.25, 0.3) is 0 Å². The number of rotatable bonds is 2. The smallest absolute Gasteiger partial charge is 0.196 e. The molecule has 0 spiro atoms. The minimum atomic E-state index is -0.472. The van der Waals surface area contributed by atoms with Gasteiger partial charge < -0.3 is 5.73 Å². The number of hydrogen-bond acceptors (Lipinski definition) is 2. The van der Waals surface area contributed by atoms with E-state index in [4.69, 9.17) is 17.3 Å². The van der Waals surface area contributed by atoms with Gasteiger partial charge in [0.25, 0.3) is 0 Å². The van der Waals surface area contributed by atoms with Crippen LogP contribution < -0.4 is 5.73 Å². The summed E-state index contributed by atoms with van der Waals surface area (Å²) in [6, 6.07) is 7.17. The molecule has 0 aliphatic heterocycles. The van der Waals surface area contributed by atoms with Crippen molar-refractivity contribution in [2.75, 3.05) is 5.73 Å². The van der Waals surface area contributed by atoms with Crippen molar-refractivity contribution >= 4 is 23.1 Å². The summed E-state index contributed by atoms with van der Waals surface area (Å²) in [4.78, 5) is 12.4. The lowest BCUT2D eigenvalue weighted by Crippen LogP contribution is -2.07. The minimum absolute atomic E-state index is 0.110. The molecular formula is C15H13ClFNO. The SMILES string of the molecule is Cc1cc(Cl)c(C(=O)c2ccc(F)cc2N)cc1C. The van der Waals surface area contributed by atoms with Crippen molar-refractivity contribution in [3.8, 4) is 0 Å². The highest BCUT2D eigenvalue weighted by Crippen LogP contribution is 2.25. The fourth-order valence-corrected chi connectivity index (χ4v) is 2.14. The molecule has 2 aromatic rings. The van der Waals surface area contributed by atoms with Crippen molar-refractivity contribution < 1.29 is 9.18 Å². The topological polar surface area (TPSA) is 43.1 Å². The van der Waals surface area contributed by atoms with Gasteiger partial charge in [-0.2, -0.15) is 0 Å². The van der Waals surface area contributed by atoms with Crippen molar-refractivity contribution in [3.63, 3.8) is 0 Å². The Morgan fingerprint density at radius 1 is 1.11 bits per heavy atom. The number of benzene rings is 2. The lowest BCUT2D eigenvalue weighted by Gasteiger charge is -2.09.